The summed E-state index contributed by atoms with van der Waals surface area (Å²) in [6.45, 7) is 5.61. The van der Waals surface area contributed by atoms with Crippen molar-refractivity contribution in [2.45, 2.75) is 51.3 Å². The standard InChI is InChI=1S/C23H25N5O5S/c1-12-17-19(14-7-5-8-15(14)25-22(17)33-27-12)21(29)26-23(2,3)11-32-16-9-4-6-13-10-34(30,31)28-20(24)18(13)16/h4,6,9H,5,7-8,10-11H2,1-3H3,(H2,24,28)(H,26,29). The number of sulfonamides is 1. The third-order valence-electron chi connectivity index (χ3n) is 6.03. The summed E-state index contributed by atoms with van der Waals surface area (Å²) in [6.07, 6.45) is 2.52. The van der Waals surface area contributed by atoms with Gasteiger partial charge in [-0.2, -0.15) is 0 Å². The van der Waals surface area contributed by atoms with Crippen LogP contribution in [0.4, 0.5) is 0 Å². The van der Waals surface area contributed by atoms with Crippen LogP contribution in [0.15, 0.2) is 27.1 Å². The Balaban J connectivity index is 1.40. The third-order valence-corrected chi connectivity index (χ3v) is 7.18. The van der Waals surface area contributed by atoms with E-state index in [9.17, 15) is 13.2 Å². The highest BCUT2D eigenvalue weighted by Crippen LogP contribution is 2.32. The van der Waals surface area contributed by atoms with Gasteiger partial charge >= 0.3 is 0 Å². The van der Waals surface area contributed by atoms with E-state index in [0.717, 1.165) is 30.5 Å². The lowest BCUT2D eigenvalue weighted by Crippen LogP contribution is -2.48. The molecule has 178 valence electrons. The minimum absolute atomic E-state index is 0.101. The molecule has 1 aliphatic carbocycles. The van der Waals surface area contributed by atoms with Gasteiger partial charge in [0.1, 0.15) is 18.2 Å². The Hall–Kier alpha value is -3.47. The average Bonchev–Trinajstić information content (AvgIpc) is 3.35. The van der Waals surface area contributed by atoms with Gasteiger partial charge in [0.15, 0.2) is 0 Å². The van der Waals surface area contributed by atoms with Crippen LogP contribution in [0.25, 0.3) is 11.1 Å². The van der Waals surface area contributed by atoms with E-state index in [-0.39, 0.29) is 24.1 Å². The van der Waals surface area contributed by atoms with Gasteiger partial charge in [0.2, 0.25) is 0 Å². The van der Waals surface area contributed by atoms with Crippen molar-refractivity contribution in [3.8, 4) is 5.75 Å². The van der Waals surface area contributed by atoms with Crippen LogP contribution in [0.3, 0.4) is 0 Å². The number of nitrogens with two attached hydrogens (primary N) is 1. The molecule has 0 radical (unpaired) electrons. The highest BCUT2D eigenvalue weighted by Gasteiger charge is 2.31. The second-order valence-electron chi connectivity index (χ2n) is 9.33. The number of fused-ring (bicyclic) bond motifs is 3. The summed E-state index contributed by atoms with van der Waals surface area (Å²) in [4.78, 5) is 18.0. The highest BCUT2D eigenvalue weighted by molar-refractivity contribution is 7.89. The molecule has 1 amide bonds. The number of hydrogen-bond donors (Lipinski definition) is 2. The van der Waals surface area contributed by atoms with Gasteiger partial charge in [-0.3, -0.25) is 4.79 Å². The average molecular weight is 484 g/mol. The molecule has 10 nitrogen and oxygen atoms in total. The van der Waals surface area contributed by atoms with Crippen LogP contribution >= 0.6 is 0 Å². The SMILES string of the molecule is Cc1noc2nc3c(c(C(=O)NC(C)(C)COc4cccc5c4C(N)=NS(=O)(=O)C5)c12)CCC3. The maximum absolute atomic E-state index is 13.5. The summed E-state index contributed by atoms with van der Waals surface area (Å²) in [5.41, 5.74) is 9.53. The van der Waals surface area contributed by atoms with Crippen molar-refractivity contribution in [1.29, 1.82) is 0 Å². The predicted molar refractivity (Wildman–Crippen MR) is 125 cm³/mol. The molecule has 2 aromatic heterocycles. The van der Waals surface area contributed by atoms with E-state index in [4.69, 9.17) is 15.0 Å². The third kappa shape index (κ3) is 3.89. The quantitative estimate of drug-likeness (QED) is 0.560. The molecule has 2 aliphatic rings. The summed E-state index contributed by atoms with van der Waals surface area (Å²) in [7, 11) is -3.64. The Bertz CT molecular complexity index is 1470. The van der Waals surface area contributed by atoms with Gasteiger partial charge in [-0.25, -0.2) is 13.4 Å². The number of rotatable bonds is 5. The predicted octanol–water partition coefficient (Wildman–Crippen LogP) is 2.16. The molecule has 34 heavy (non-hydrogen) atoms. The van der Waals surface area contributed by atoms with Crippen molar-refractivity contribution in [1.82, 2.24) is 15.5 Å². The van der Waals surface area contributed by atoms with Crippen LogP contribution < -0.4 is 15.8 Å². The Morgan fingerprint density at radius 1 is 1.29 bits per heavy atom. The normalized spacial score (nSPS) is 16.6. The molecule has 3 heterocycles. The molecule has 0 atom stereocenters. The van der Waals surface area contributed by atoms with Crippen LogP contribution in [0.5, 0.6) is 5.75 Å². The Labute approximate surface area is 196 Å². The molecule has 0 saturated carbocycles. The van der Waals surface area contributed by atoms with Gasteiger partial charge in [-0.05, 0) is 57.2 Å². The maximum atomic E-state index is 13.5. The van der Waals surface area contributed by atoms with Crippen LogP contribution in [0, 0.1) is 6.92 Å². The van der Waals surface area contributed by atoms with Crippen LogP contribution in [-0.4, -0.2) is 42.4 Å². The number of nitrogens with one attached hydrogen (secondary N) is 1. The lowest BCUT2D eigenvalue weighted by Gasteiger charge is -2.28. The second kappa shape index (κ2) is 7.79. The van der Waals surface area contributed by atoms with Gasteiger partial charge < -0.3 is 20.3 Å². The largest absolute Gasteiger partial charge is 0.490 e. The molecular weight excluding hydrogens is 458 g/mol. The molecule has 0 bridgehead atoms. The molecular formula is C23H25N5O5S. The number of nitrogens with zero attached hydrogens (tertiary/aromatic N) is 3. The lowest BCUT2D eigenvalue weighted by molar-refractivity contribution is 0.0881. The number of aryl methyl sites for hydroxylation is 2. The first kappa shape index (κ1) is 22.3. The second-order valence-corrected chi connectivity index (χ2v) is 11.0. The molecule has 11 heteroatoms. The summed E-state index contributed by atoms with van der Waals surface area (Å²) in [5, 5.41) is 7.71. The fourth-order valence-electron chi connectivity index (χ4n) is 4.56. The van der Waals surface area contributed by atoms with E-state index in [2.05, 4.69) is 19.9 Å². The fourth-order valence-corrected chi connectivity index (χ4v) is 5.65. The first-order chi connectivity index (χ1) is 16.0. The molecule has 0 fully saturated rings. The van der Waals surface area contributed by atoms with Gasteiger partial charge in [0.05, 0.1) is 33.5 Å². The van der Waals surface area contributed by atoms with E-state index in [1.165, 1.54) is 0 Å². The Morgan fingerprint density at radius 2 is 2.09 bits per heavy atom. The number of amides is 1. The minimum atomic E-state index is -3.64. The Kier molecular flexibility index (Phi) is 5.12. The zero-order valence-corrected chi connectivity index (χ0v) is 20.0. The number of aromatic nitrogens is 2. The first-order valence-electron chi connectivity index (χ1n) is 11.0. The molecule has 5 rings (SSSR count). The lowest BCUT2D eigenvalue weighted by atomic mass is 9.99. The smallest absolute Gasteiger partial charge is 0.259 e. The number of benzene rings is 1. The number of amidine groups is 1. The topological polar surface area (TPSA) is 150 Å². The van der Waals surface area contributed by atoms with Crippen molar-refractivity contribution in [3.63, 3.8) is 0 Å². The van der Waals surface area contributed by atoms with Crippen LogP contribution in [0.1, 0.15) is 58.7 Å². The monoisotopic (exact) mass is 483 g/mol. The van der Waals surface area contributed by atoms with Crippen LogP contribution in [0.2, 0.25) is 0 Å². The van der Waals surface area contributed by atoms with Crippen molar-refractivity contribution < 1.29 is 22.5 Å². The van der Waals surface area contributed by atoms with E-state index in [0.29, 0.717) is 39.2 Å². The maximum Gasteiger partial charge on any atom is 0.259 e. The zero-order valence-electron chi connectivity index (χ0n) is 19.1. The molecule has 3 aromatic rings. The molecule has 0 spiro atoms. The van der Waals surface area contributed by atoms with Crippen molar-refractivity contribution >= 4 is 32.9 Å². The molecule has 3 N–H and O–H groups in total. The van der Waals surface area contributed by atoms with Gasteiger partial charge in [0, 0.05) is 5.69 Å². The highest BCUT2D eigenvalue weighted by atomic mass is 32.2. The minimum Gasteiger partial charge on any atom is -0.490 e. The van der Waals surface area contributed by atoms with E-state index in [1.54, 1.807) is 25.1 Å². The number of ether oxygens (including phenoxy) is 1. The van der Waals surface area contributed by atoms with E-state index < -0.39 is 15.6 Å². The fraction of sp³-hybridized carbons (Fsp3) is 0.391. The van der Waals surface area contributed by atoms with E-state index in [1.807, 2.05) is 13.8 Å². The number of pyridine rings is 1. The van der Waals surface area contributed by atoms with Crippen LogP contribution in [-0.2, 0) is 28.6 Å². The summed E-state index contributed by atoms with van der Waals surface area (Å²) in [6, 6.07) is 5.10. The number of hydrogen-bond acceptors (Lipinski definition) is 8. The Morgan fingerprint density at radius 3 is 2.88 bits per heavy atom. The zero-order chi connectivity index (χ0) is 24.3. The van der Waals surface area contributed by atoms with Gasteiger partial charge in [0.25, 0.3) is 21.6 Å². The number of carbonyl (C=O) groups is 1. The molecule has 0 saturated heterocycles. The molecule has 1 aliphatic heterocycles. The van der Waals surface area contributed by atoms with Gasteiger partial charge in [-0.15, -0.1) is 4.40 Å². The van der Waals surface area contributed by atoms with E-state index >= 15 is 0 Å². The summed E-state index contributed by atoms with van der Waals surface area (Å²) >= 11 is 0. The summed E-state index contributed by atoms with van der Waals surface area (Å²) < 4.78 is 38.8. The van der Waals surface area contributed by atoms with Gasteiger partial charge in [-0.1, -0.05) is 17.3 Å². The molecule has 0 unspecified atom stereocenters. The number of carbonyl (C=O) groups excluding carboxylic acids is 1. The molecule has 1 aromatic carbocycles. The van der Waals surface area contributed by atoms with Crippen molar-refractivity contribution in [3.05, 3.63) is 51.8 Å². The van der Waals surface area contributed by atoms with Crippen molar-refractivity contribution in [2.75, 3.05) is 6.61 Å². The summed E-state index contributed by atoms with van der Waals surface area (Å²) in [5.74, 6) is -0.163. The first-order valence-corrected chi connectivity index (χ1v) is 12.6. The van der Waals surface area contributed by atoms with Crippen molar-refractivity contribution in [2.24, 2.45) is 10.1 Å².